The molecule has 2 N–H and O–H groups in total. The molecule has 0 aliphatic rings. The highest BCUT2D eigenvalue weighted by atomic mass is 35.5. The number of hydrogen-bond donors (Lipinski definition) is 2. The first kappa shape index (κ1) is 22.5. The minimum Gasteiger partial charge on any atom is -0.493 e. The lowest BCUT2D eigenvalue weighted by atomic mass is 10.1. The maximum atomic E-state index is 12.7. The van der Waals surface area contributed by atoms with E-state index in [1.54, 1.807) is 42.5 Å². The van der Waals surface area contributed by atoms with Gasteiger partial charge in [-0.3, -0.25) is 9.59 Å². The molecule has 3 aromatic rings. The molecule has 0 radical (unpaired) electrons. The first-order chi connectivity index (χ1) is 14.9. The third-order valence-corrected chi connectivity index (χ3v) is 5.00. The summed E-state index contributed by atoms with van der Waals surface area (Å²) in [5.74, 6) is 0.261. The zero-order valence-electron chi connectivity index (χ0n) is 16.9. The van der Waals surface area contributed by atoms with Crippen LogP contribution < -0.4 is 20.1 Å². The fourth-order valence-electron chi connectivity index (χ4n) is 2.80. The van der Waals surface area contributed by atoms with Crippen LogP contribution in [0.15, 0.2) is 60.7 Å². The van der Waals surface area contributed by atoms with Crippen LogP contribution >= 0.6 is 23.2 Å². The van der Waals surface area contributed by atoms with Crippen molar-refractivity contribution in [1.82, 2.24) is 0 Å². The highest BCUT2D eigenvalue weighted by Gasteiger charge is 2.14. The minimum absolute atomic E-state index is 0.225. The number of ether oxygens (including phenoxy) is 2. The maximum absolute atomic E-state index is 12.7. The Balaban J connectivity index is 1.75. The Morgan fingerprint density at radius 2 is 1.68 bits per heavy atom. The van der Waals surface area contributed by atoms with Gasteiger partial charge >= 0.3 is 0 Å². The maximum Gasteiger partial charge on any atom is 0.255 e. The van der Waals surface area contributed by atoms with E-state index in [1.807, 2.05) is 18.2 Å². The number of carbonyl (C=O) groups excluding carboxylic acids is 2. The quantitative estimate of drug-likeness (QED) is 0.469. The van der Waals surface area contributed by atoms with Crippen LogP contribution in [0.3, 0.4) is 0 Å². The molecule has 160 valence electrons. The molecule has 0 atom stereocenters. The number of rotatable bonds is 7. The largest absolute Gasteiger partial charge is 0.493 e. The molecule has 0 aromatic heterocycles. The lowest BCUT2D eigenvalue weighted by molar-refractivity contribution is -0.114. The molecule has 31 heavy (non-hydrogen) atoms. The van der Waals surface area contributed by atoms with Crippen LogP contribution in [-0.4, -0.2) is 18.9 Å². The van der Waals surface area contributed by atoms with E-state index in [4.69, 9.17) is 32.7 Å². The van der Waals surface area contributed by atoms with Gasteiger partial charge < -0.3 is 20.1 Å². The molecule has 0 aliphatic heterocycles. The highest BCUT2D eigenvalue weighted by Crippen LogP contribution is 2.31. The van der Waals surface area contributed by atoms with E-state index >= 15 is 0 Å². The Morgan fingerprint density at radius 3 is 2.39 bits per heavy atom. The summed E-state index contributed by atoms with van der Waals surface area (Å²) in [6.07, 6.45) is 0. The summed E-state index contributed by atoms with van der Waals surface area (Å²) < 4.78 is 11.2. The molecule has 0 saturated carbocycles. The van der Waals surface area contributed by atoms with E-state index in [0.717, 1.165) is 5.56 Å². The van der Waals surface area contributed by atoms with Gasteiger partial charge in [0.15, 0.2) is 11.5 Å². The number of nitrogens with one attached hydrogen (secondary N) is 2. The van der Waals surface area contributed by atoms with Crippen molar-refractivity contribution in [2.75, 3.05) is 17.7 Å². The average Bonchev–Trinajstić information content (AvgIpc) is 2.75. The van der Waals surface area contributed by atoms with E-state index in [2.05, 4.69) is 10.6 Å². The zero-order chi connectivity index (χ0) is 22.4. The third-order valence-electron chi connectivity index (χ3n) is 4.30. The predicted molar refractivity (Wildman–Crippen MR) is 122 cm³/mol. The van der Waals surface area contributed by atoms with Gasteiger partial charge in [-0.1, -0.05) is 41.4 Å². The molecule has 6 nitrogen and oxygen atoms in total. The van der Waals surface area contributed by atoms with Crippen molar-refractivity contribution in [2.45, 2.75) is 13.5 Å². The van der Waals surface area contributed by atoms with Crippen molar-refractivity contribution in [3.63, 3.8) is 0 Å². The monoisotopic (exact) mass is 458 g/mol. The Labute approximate surface area is 190 Å². The number of carbonyl (C=O) groups is 2. The van der Waals surface area contributed by atoms with Crippen LogP contribution in [0.25, 0.3) is 0 Å². The van der Waals surface area contributed by atoms with Gasteiger partial charge in [0, 0.05) is 28.8 Å². The Morgan fingerprint density at radius 1 is 0.903 bits per heavy atom. The van der Waals surface area contributed by atoms with Crippen molar-refractivity contribution >= 4 is 46.4 Å². The molecular formula is C23H20Cl2N2O4. The van der Waals surface area contributed by atoms with Gasteiger partial charge in [-0.05, 0) is 42.5 Å². The molecule has 0 aliphatic carbocycles. The molecule has 3 aromatic carbocycles. The first-order valence-corrected chi connectivity index (χ1v) is 10.1. The Hall–Kier alpha value is -3.22. The van der Waals surface area contributed by atoms with Crippen LogP contribution in [0.2, 0.25) is 10.0 Å². The molecule has 0 spiro atoms. The van der Waals surface area contributed by atoms with Gasteiger partial charge in [0.05, 0.1) is 17.8 Å². The molecule has 2 amide bonds. The first-order valence-electron chi connectivity index (χ1n) is 9.30. The lowest BCUT2D eigenvalue weighted by Gasteiger charge is -2.14. The summed E-state index contributed by atoms with van der Waals surface area (Å²) in [5.41, 5.74) is 2.08. The van der Waals surface area contributed by atoms with Gasteiger partial charge in [-0.2, -0.15) is 0 Å². The summed E-state index contributed by atoms with van der Waals surface area (Å²) in [5, 5.41) is 6.34. The minimum atomic E-state index is -0.391. The second-order valence-corrected chi connectivity index (χ2v) is 7.39. The van der Waals surface area contributed by atoms with Gasteiger partial charge in [-0.15, -0.1) is 0 Å². The summed E-state index contributed by atoms with van der Waals surface area (Å²) in [7, 11) is 1.49. The van der Waals surface area contributed by atoms with Crippen molar-refractivity contribution < 1.29 is 19.1 Å². The number of anilines is 2. The molecule has 0 bridgehead atoms. The smallest absolute Gasteiger partial charge is 0.255 e. The summed E-state index contributed by atoms with van der Waals surface area (Å²) in [6, 6.07) is 17.0. The van der Waals surface area contributed by atoms with Gasteiger partial charge in [0.1, 0.15) is 6.61 Å². The van der Waals surface area contributed by atoms with E-state index < -0.39 is 5.91 Å². The van der Waals surface area contributed by atoms with E-state index in [0.29, 0.717) is 38.5 Å². The fraction of sp³-hybridized carbons (Fsp3) is 0.130. The highest BCUT2D eigenvalue weighted by molar-refractivity contribution is 6.34. The van der Waals surface area contributed by atoms with Crippen molar-refractivity contribution in [1.29, 1.82) is 0 Å². The van der Waals surface area contributed by atoms with E-state index in [-0.39, 0.29) is 12.5 Å². The summed E-state index contributed by atoms with van der Waals surface area (Å²) >= 11 is 12.3. The van der Waals surface area contributed by atoms with Crippen LogP contribution in [-0.2, 0) is 11.4 Å². The Bertz CT molecular complexity index is 1120. The summed E-state index contributed by atoms with van der Waals surface area (Å²) in [6.45, 7) is 1.65. The van der Waals surface area contributed by atoms with Crippen LogP contribution in [0.1, 0.15) is 22.8 Å². The van der Waals surface area contributed by atoms with Crippen molar-refractivity contribution in [2.24, 2.45) is 0 Å². The topological polar surface area (TPSA) is 76.7 Å². The van der Waals surface area contributed by atoms with Gasteiger partial charge in [-0.25, -0.2) is 0 Å². The number of methoxy groups -OCH3 is 1. The second kappa shape index (κ2) is 10.2. The van der Waals surface area contributed by atoms with Crippen LogP contribution in [0, 0.1) is 0 Å². The molecular weight excluding hydrogens is 439 g/mol. The van der Waals surface area contributed by atoms with E-state index in [1.165, 1.54) is 14.0 Å². The Kier molecular flexibility index (Phi) is 7.39. The van der Waals surface area contributed by atoms with Gasteiger partial charge in [0.25, 0.3) is 5.91 Å². The number of hydrogen-bond acceptors (Lipinski definition) is 4. The van der Waals surface area contributed by atoms with Crippen molar-refractivity contribution in [3.05, 3.63) is 81.8 Å². The average molecular weight is 459 g/mol. The molecule has 0 unspecified atom stereocenters. The van der Waals surface area contributed by atoms with Crippen molar-refractivity contribution in [3.8, 4) is 11.5 Å². The lowest BCUT2D eigenvalue weighted by Crippen LogP contribution is -2.13. The zero-order valence-corrected chi connectivity index (χ0v) is 18.4. The second-order valence-electron chi connectivity index (χ2n) is 6.58. The number of amides is 2. The normalized spacial score (nSPS) is 10.3. The molecule has 0 heterocycles. The molecule has 0 saturated heterocycles. The SMILES string of the molecule is COc1cc(C(=O)Nc2cc(NC(C)=O)ccc2Cl)ccc1OCc1ccccc1Cl. The summed E-state index contributed by atoms with van der Waals surface area (Å²) in [4.78, 5) is 24.0. The standard InChI is InChI=1S/C23H20Cl2N2O4/c1-14(28)26-17-8-9-19(25)20(12-17)27-23(29)15-7-10-21(22(11-15)30-2)31-13-16-5-3-4-6-18(16)24/h3-12H,13H2,1-2H3,(H,26,28)(H,27,29). The fourth-order valence-corrected chi connectivity index (χ4v) is 3.15. The molecule has 0 fully saturated rings. The molecule has 8 heteroatoms. The van der Waals surface area contributed by atoms with Gasteiger partial charge in [0.2, 0.25) is 5.91 Å². The molecule has 3 rings (SSSR count). The van der Waals surface area contributed by atoms with E-state index in [9.17, 15) is 9.59 Å². The number of halogens is 2. The third kappa shape index (κ3) is 5.90. The number of benzene rings is 3. The van der Waals surface area contributed by atoms with Crippen LogP contribution in [0.4, 0.5) is 11.4 Å². The van der Waals surface area contributed by atoms with Crippen LogP contribution in [0.5, 0.6) is 11.5 Å². The predicted octanol–water partition coefficient (Wildman–Crippen LogP) is 5.79.